The number of esters is 1. The van der Waals surface area contributed by atoms with Gasteiger partial charge in [-0.25, -0.2) is 4.79 Å². The Morgan fingerprint density at radius 2 is 2.00 bits per heavy atom. The van der Waals surface area contributed by atoms with Gasteiger partial charge in [0.1, 0.15) is 0 Å². The minimum atomic E-state index is -0.487. The van der Waals surface area contributed by atoms with Crippen molar-refractivity contribution in [2.24, 2.45) is 5.41 Å². The number of nitrogens with one attached hydrogen (secondary N) is 1. The maximum atomic E-state index is 12.4. The highest BCUT2D eigenvalue weighted by Crippen LogP contribution is 2.21. The predicted octanol–water partition coefficient (Wildman–Crippen LogP) is 2.36. The molecule has 6 nitrogen and oxygen atoms in total. The minimum absolute atomic E-state index is 0.0951. The zero-order valence-electron chi connectivity index (χ0n) is 14.7. The number of aromatic nitrogens is 1. The van der Waals surface area contributed by atoms with Crippen molar-refractivity contribution in [1.29, 1.82) is 0 Å². The standard InChI is InChI=1S/C17H26N2O4/c1-7-23-16(21)12-8-13(11(2)18-9-12)15(20)19-10-14(22-6)17(3,4)5/h8-9,14H,7,10H2,1-6H3,(H,19,20)/t14-/m0/s1. The van der Waals surface area contributed by atoms with E-state index in [1.54, 1.807) is 21.0 Å². The van der Waals surface area contributed by atoms with Crippen molar-refractivity contribution < 1.29 is 19.1 Å². The summed E-state index contributed by atoms with van der Waals surface area (Å²) in [6.07, 6.45) is 1.30. The first-order valence-corrected chi connectivity index (χ1v) is 7.65. The van der Waals surface area contributed by atoms with Gasteiger partial charge in [0.15, 0.2) is 0 Å². The van der Waals surface area contributed by atoms with Gasteiger partial charge in [0, 0.05) is 19.9 Å². The molecule has 1 aromatic heterocycles. The van der Waals surface area contributed by atoms with E-state index in [0.717, 1.165) is 0 Å². The van der Waals surface area contributed by atoms with Gasteiger partial charge in [-0.05, 0) is 25.3 Å². The summed E-state index contributed by atoms with van der Waals surface area (Å²) < 4.78 is 10.4. The maximum Gasteiger partial charge on any atom is 0.339 e. The molecular weight excluding hydrogens is 296 g/mol. The van der Waals surface area contributed by atoms with Crippen LogP contribution in [0.3, 0.4) is 0 Å². The summed E-state index contributed by atoms with van der Waals surface area (Å²) in [5.74, 6) is -0.772. The molecular formula is C17H26N2O4. The van der Waals surface area contributed by atoms with Crippen molar-refractivity contribution >= 4 is 11.9 Å². The van der Waals surface area contributed by atoms with E-state index in [0.29, 0.717) is 17.8 Å². The lowest BCUT2D eigenvalue weighted by molar-refractivity contribution is 0.0176. The zero-order chi connectivity index (χ0) is 17.6. The average Bonchev–Trinajstić information content (AvgIpc) is 2.46. The third-order valence-corrected chi connectivity index (χ3v) is 3.54. The highest BCUT2D eigenvalue weighted by Gasteiger charge is 2.25. The molecule has 0 radical (unpaired) electrons. The first kappa shape index (κ1) is 19.1. The number of hydrogen-bond acceptors (Lipinski definition) is 5. The minimum Gasteiger partial charge on any atom is -0.462 e. The van der Waals surface area contributed by atoms with Gasteiger partial charge in [-0.3, -0.25) is 9.78 Å². The summed E-state index contributed by atoms with van der Waals surface area (Å²) >= 11 is 0. The highest BCUT2D eigenvalue weighted by molar-refractivity contribution is 5.98. The number of hydrogen-bond donors (Lipinski definition) is 1. The smallest absolute Gasteiger partial charge is 0.339 e. The van der Waals surface area contributed by atoms with Gasteiger partial charge in [-0.15, -0.1) is 0 Å². The van der Waals surface area contributed by atoms with E-state index in [1.807, 2.05) is 20.8 Å². The van der Waals surface area contributed by atoms with Crippen molar-refractivity contribution in [1.82, 2.24) is 10.3 Å². The molecule has 6 heteroatoms. The zero-order valence-corrected chi connectivity index (χ0v) is 14.7. The molecule has 0 saturated carbocycles. The van der Waals surface area contributed by atoms with Crippen molar-refractivity contribution in [3.05, 3.63) is 29.1 Å². The van der Waals surface area contributed by atoms with Crippen LogP contribution in [0.2, 0.25) is 0 Å². The fourth-order valence-corrected chi connectivity index (χ4v) is 2.11. The average molecular weight is 322 g/mol. The van der Waals surface area contributed by atoms with E-state index in [1.165, 1.54) is 12.3 Å². The topological polar surface area (TPSA) is 77.5 Å². The summed E-state index contributed by atoms with van der Waals surface area (Å²) in [6.45, 7) is 10.2. The van der Waals surface area contributed by atoms with E-state index >= 15 is 0 Å². The summed E-state index contributed by atoms with van der Waals surface area (Å²) in [7, 11) is 1.62. The Labute approximate surface area is 137 Å². The Morgan fingerprint density at radius 1 is 1.35 bits per heavy atom. The molecule has 0 aliphatic heterocycles. The van der Waals surface area contributed by atoms with Crippen LogP contribution in [-0.2, 0) is 9.47 Å². The van der Waals surface area contributed by atoms with Crippen LogP contribution in [0, 0.1) is 12.3 Å². The van der Waals surface area contributed by atoms with Gasteiger partial charge >= 0.3 is 5.97 Å². The van der Waals surface area contributed by atoms with E-state index in [-0.39, 0.29) is 29.6 Å². The number of carbonyl (C=O) groups is 2. The van der Waals surface area contributed by atoms with Gasteiger partial charge in [0.2, 0.25) is 0 Å². The number of aryl methyl sites for hydroxylation is 1. The molecule has 1 heterocycles. The fourth-order valence-electron chi connectivity index (χ4n) is 2.11. The molecule has 0 aromatic carbocycles. The molecule has 0 fully saturated rings. The number of carbonyl (C=O) groups excluding carboxylic acids is 2. The Balaban J connectivity index is 2.87. The van der Waals surface area contributed by atoms with Gasteiger partial charge < -0.3 is 14.8 Å². The second-order valence-corrected chi connectivity index (χ2v) is 6.38. The molecule has 1 rings (SSSR count). The molecule has 1 aromatic rings. The van der Waals surface area contributed by atoms with Gasteiger partial charge in [0.05, 0.1) is 29.5 Å². The highest BCUT2D eigenvalue weighted by atomic mass is 16.5. The molecule has 0 bridgehead atoms. The predicted molar refractivity (Wildman–Crippen MR) is 87.5 cm³/mol. The van der Waals surface area contributed by atoms with Crippen molar-refractivity contribution in [3.8, 4) is 0 Å². The van der Waals surface area contributed by atoms with Gasteiger partial charge in [-0.2, -0.15) is 0 Å². The van der Waals surface area contributed by atoms with Gasteiger partial charge in [0.25, 0.3) is 5.91 Å². The summed E-state index contributed by atoms with van der Waals surface area (Å²) in [4.78, 5) is 28.3. The van der Waals surface area contributed by atoms with Crippen molar-refractivity contribution in [2.45, 2.75) is 40.7 Å². The van der Waals surface area contributed by atoms with E-state index in [9.17, 15) is 9.59 Å². The van der Waals surface area contributed by atoms with Crippen LogP contribution in [0.4, 0.5) is 0 Å². The largest absolute Gasteiger partial charge is 0.462 e. The number of nitrogens with zero attached hydrogens (tertiary/aromatic N) is 1. The molecule has 1 amide bonds. The van der Waals surface area contributed by atoms with E-state index < -0.39 is 5.97 Å². The SMILES string of the molecule is CCOC(=O)c1cnc(C)c(C(=O)NC[C@H](OC)C(C)(C)C)c1. The molecule has 23 heavy (non-hydrogen) atoms. The van der Waals surface area contributed by atoms with Crippen LogP contribution in [0.15, 0.2) is 12.3 Å². The van der Waals surface area contributed by atoms with Crippen molar-refractivity contribution in [2.75, 3.05) is 20.3 Å². The Hall–Kier alpha value is -1.95. The van der Waals surface area contributed by atoms with Crippen LogP contribution in [0.1, 0.15) is 54.1 Å². The third kappa shape index (κ3) is 5.32. The number of amides is 1. The molecule has 0 unspecified atom stereocenters. The molecule has 0 aliphatic carbocycles. The fraction of sp³-hybridized carbons (Fsp3) is 0.588. The summed E-state index contributed by atoms with van der Waals surface area (Å²) in [5.41, 5.74) is 1.09. The van der Waals surface area contributed by atoms with E-state index in [2.05, 4.69) is 10.3 Å². The van der Waals surface area contributed by atoms with Crippen LogP contribution >= 0.6 is 0 Å². The first-order chi connectivity index (χ1) is 10.7. The third-order valence-electron chi connectivity index (χ3n) is 3.54. The molecule has 0 spiro atoms. The normalized spacial score (nSPS) is 12.6. The number of ether oxygens (including phenoxy) is 2. The molecule has 0 saturated heterocycles. The Bertz CT molecular complexity index is 564. The van der Waals surface area contributed by atoms with Crippen LogP contribution in [0.5, 0.6) is 0 Å². The quantitative estimate of drug-likeness (QED) is 0.814. The monoisotopic (exact) mass is 322 g/mol. The lowest BCUT2D eigenvalue weighted by Gasteiger charge is -2.29. The van der Waals surface area contributed by atoms with Crippen LogP contribution < -0.4 is 5.32 Å². The molecule has 1 N–H and O–H groups in total. The van der Waals surface area contributed by atoms with E-state index in [4.69, 9.17) is 9.47 Å². The second kappa shape index (κ2) is 8.06. The Kier molecular flexibility index (Phi) is 6.69. The number of methoxy groups -OCH3 is 1. The van der Waals surface area contributed by atoms with Crippen molar-refractivity contribution in [3.63, 3.8) is 0 Å². The maximum absolute atomic E-state index is 12.4. The Morgan fingerprint density at radius 3 is 2.52 bits per heavy atom. The molecule has 0 aliphatic rings. The summed E-state index contributed by atoms with van der Waals surface area (Å²) in [5, 5.41) is 2.84. The van der Waals surface area contributed by atoms with Crippen LogP contribution in [0.25, 0.3) is 0 Å². The summed E-state index contributed by atoms with van der Waals surface area (Å²) in [6, 6.07) is 1.51. The molecule has 128 valence electrons. The van der Waals surface area contributed by atoms with Gasteiger partial charge in [-0.1, -0.05) is 20.8 Å². The molecule has 1 atom stereocenters. The lowest BCUT2D eigenvalue weighted by Crippen LogP contribution is -2.40. The number of pyridine rings is 1. The first-order valence-electron chi connectivity index (χ1n) is 7.65. The number of rotatable bonds is 6. The lowest BCUT2D eigenvalue weighted by atomic mass is 9.89. The van der Waals surface area contributed by atoms with Crippen LogP contribution in [-0.4, -0.2) is 43.2 Å². The second-order valence-electron chi connectivity index (χ2n) is 6.38.